The van der Waals surface area contributed by atoms with Gasteiger partial charge < -0.3 is 11.1 Å². The fourth-order valence-electron chi connectivity index (χ4n) is 0.953. The number of carbonyl (C=O) groups excluding carboxylic acids is 1. The van der Waals surface area contributed by atoms with Crippen molar-refractivity contribution in [2.24, 2.45) is 5.73 Å². The minimum atomic E-state index is -0.505. The van der Waals surface area contributed by atoms with Crippen molar-refractivity contribution in [3.8, 4) is 0 Å². The third-order valence-corrected chi connectivity index (χ3v) is 1.80. The highest BCUT2D eigenvalue weighted by Crippen LogP contribution is 2.05. The summed E-state index contributed by atoms with van der Waals surface area (Å²) >= 11 is 0. The molecule has 1 heterocycles. The van der Waals surface area contributed by atoms with Gasteiger partial charge in [0.05, 0.1) is 24.0 Å². The smallest absolute Gasteiger partial charge is 0.237 e. The highest BCUT2D eigenvalue weighted by atomic mass is 16.2. The van der Waals surface area contributed by atoms with E-state index in [2.05, 4.69) is 15.3 Å². The average molecular weight is 194 g/mol. The second kappa shape index (κ2) is 4.66. The van der Waals surface area contributed by atoms with Gasteiger partial charge in [0.25, 0.3) is 0 Å². The number of hydrogen-bond donors (Lipinski definition) is 2. The monoisotopic (exact) mass is 194 g/mol. The Morgan fingerprint density at radius 2 is 2.21 bits per heavy atom. The first-order chi connectivity index (χ1) is 6.61. The highest BCUT2D eigenvalue weighted by Gasteiger charge is 2.13. The lowest BCUT2D eigenvalue weighted by atomic mass is 10.2. The topological polar surface area (TPSA) is 80.9 Å². The Morgan fingerprint density at radius 1 is 1.50 bits per heavy atom. The highest BCUT2D eigenvalue weighted by molar-refractivity contribution is 5.81. The summed E-state index contributed by atoms with van der Waals surface area (Å²) in [6.07, 6.45) is 4.79. The minimum absolute atomic E-state index is 0.165. The standard InChI is InChI=1S/C9H14N4O/c1-6(10)9(14)13-7(2)8-5-11-3-4-12-8/h3-7H,10H2,1-2H3,(H,13,14)/t6-,7?/m0/s1. The van der Waals surface area contributed by atoms with Gasteiger partial charge >= 0.3 is 0 Å². The molecule has 0 aliphatic rings. The summed E-state index contributed by atoms with van der Waals surface area (Å²) in [5, 5.41) is 2.73. The molecular formula is C9H14N4O. The van der Waals surface area contributed by atoms with Crippen LogP contribution in [0.2, 0.25) is 0 Å². The number of nitrogens with one attached hydrogen (secondary N) is 1. The lowest BCUT2D eigenvalue weighted by Gasteiger charge is -2.14. The van der Waals surface area contributed by atoms with E-state index in [0.29, 0.717) is 0 Å². The average Bonchev–Trinajstić information content (AvgIpc) is 2.19. The van der Waals surface area contributed by atoms with Crippen LogP contribution in [0.25, 0.3) is 0 Å². The summed E-state index contributed by atoms with van der Waals surface area (Å²) in [5.41, 5.74) is 6.14. The van der Waals surface area contributed by atoms with E-state index in [9.17, 15) is 4.79 Å². The minimum Gasteiger partial charge on any atom is -0.347 e. The molecule has 1 amide bonds. The quantitative estimate of drug-likeness (QED) is 0.709. The number of nitrogens with two attached hydrogens (primary N) is 1. The zero-order valence-electron chi connectivity index (χ0n) is 8.27. The first kappa shape index (κ1) is 10.6. The van der Waals surface area contributed by atoms with Gasteiger partial charge in [-0.05, 0) is 13.8 Å². The van der Waals surface area contributed by atoms with E-state index in [1.54, 1.807) is 25.5 Å². The molecule has 0 saturated heterocycles. The van der Waals surface area contributed by atoms with Crippen LogP contribution < -0.4 is 11.1 Å². The van der Waals surface area contributed by atoms with Crippen molar-refractivity contribution >= 4 is 5.91 Å². The Bertz CT molecular complexity index is 299. The lowest BCUT2D eigenvalue weighted by molar-refractivity contribution is -0.122. The van der Waals surface area contributed by atoms with Crippen LogP contribution in [0.4, 0.5) is 0 Å². The fraction of sp³-hybridized carbons (Fsp3) is 0.444. The van der Waals surface area contributed by atoms with Crippen LogP contribution in [0.1, 0.15) is 25.6 Å². The van der Waals surface area contributed by atoms with Gasteiger partial charge in [0.2, 0.25) is 5.91 Å². The fourth-order valence-corrected chi connectivity index (χ4v) is 0.953. The third kappa shape index (κ3) is 2.77. The molecule has 5 heteroatoms. The third-order valence-electron chi connectivity index (χ3n) is 1.80. The van der Waals surface area contributed by atoms with E-state index >= 15 is 0 Å². The molecule has 0 radical (unpaired) electrons. The molecule has 14 heavy (non-hydrogen) atoms. The van der Waals surface area contributed by atoms with Crippen LogP contribution in [0.3, 0.4) is 0 Å². The Hall–Kier alpha value is -1.49. The Labute approximate surface area is 82.7 Å². The van der Waals surface area contributed by atoms with E-state index in [4.69, 9.17) is 5.73 Å². The SMILES string of the molecule is CC(NC(=O)[C@H](C)N)c1cnccn1. The van der Waals surface area contributed by atoms with Crippen molar-refractivity contribution in [2.45, 2.75) is 25.9 Å². The summed E-state index contributed by atoms with van der Waals surface area (Å²) in [4.78, 5) is 19.2. The van der Waals surface area contributed by atoms with Gasteiger partial charge in [-0.2, -0.15) is 0 Å². The molecular weight excluding hydrogens is 180 g/mol. The molecule has 5 nitrogen and oxygen atoms in total. The predicted octanol–water partition coefficient (Wildman–Crippen LogP) is 0.001000. The van der Waals surface area contributed by atoms with Crippen LogP contribution in [-0.4, -0.2) is 21.9 Å². The molecule has 0 aliphatic carbocycles. The molecule has 0 spiro atoms. The first-order valence-corrected chi connectivity index (χ1v) is 4.43. The van der Waals surface area contributed by atoms with Gasteiger partial charge in [-0.15, -0.1) is 0 Å². The maximum atomic E-state index is 11.2. The molecule has 0 bridgehead atoms. The van der Waals surface area contributed by atoms with Gasteiger partial charge in [-0.1, -0.05) is 0 Å². The maximum Gasteiger partial charge on any atom is 0.237 e. The summed E-state index contributed by atoms with van der Waals surface area (Å²) in [6, 6.07) is -0.670. The number of aromatic nitrogens is 2. The Balaban J connectivity index is 2.59. The van der Waals surface area contributed by atoms with Gasteiger partial charge in [0, 0.05) is 12.4 Å². The molecule has 0 saturated carbocycles. The summed E-state index contributed by atoms with van der Waals surface area (Å²) in [6.45, 7) is 3.48. The van der Waals surface area contributed by atoms with Gasteiger partial charge in [0.1, 0.15) is 0 Å². The summed E-state index contributed by atoms with van der Waals surface area (Å²) in [7, 11) is 0. The van der Waals surface area contributed by atoms with E-state index < -0.39 is 6.04 Å². The summed E-state index contributed by atoms with van der Waals surface area (Å²) in [5.74, 6) is -0.192. The second-order valence-corrected chi connectivity index (χ2v) is 3.15. The molecule has 76 valence electrons. The molecule has 1 unspecified atom stereocenters. The van der Waals surface area contributed by atoms with Gasteiger partial charge in [-0.3, -0.25) is 14.8 Å². The molecule has 0 aromatic carbocycles. The molecule has 1 aromatic rings. The van der Waals surface area contributed by atoms with Crippen LogP contribution in [0.15, 0.2) is 18.6 Å². The van der Waals surface area contributed by atoms with Gasteiger partial charge in [0.15, 0.2) is 0 Å². The molecule has 2 atom stereocenters. The number of rotatable bonds is 3. The first-order valence-electron chi connectivity index (χ1n) is 4.43. The molecule has 0 aliphatic heterocycles. The van der Waals surface area contributed by atoms with Crippen LogP contribution in [0, 0.1) is 0 Å². The lowest BCUT2D eigenvalue weighted by Crippen LogP contribution is -2.39. The van der Waals surface area contributed by atoms with E-state index in [0.717, 1.165) is 5.69 Å². The van der Waals surface area contributed by atoms with Crippen molar-refractivity contribution in [2.75, 3.05) is 0 Å². The Kier molecular flexibility index (Phi) is 3.53. The van der Waals surface area contributed by atoms with Crippen LogP contribution in [-0.2, 0) is 4.79 Å². The van der Waals surface area contributed by atoms with E-state index in [1.807, 2.05) is 6.92 Å². The predicted molar refractivity (Wildman–Crippen MR) is 52.2 cm³/mol. The van der Waals surface area contributed by atoms with Crippen LogP contribution in [0.5, 0.6) is 0 Å². The second-order valence-electron chi connectivity index (χ2n) is 3.15. The number of carbonyl (C=O) groups is 1. The van der Waals surface area contributed by atoms with Crippen LogP contribution >= 0.6 is 0 Å². The van der Waals surface area contributed by atoms with Crippen molar-refractivity contribution < 1.29 is 4.79 Å². The molecule has 1 rings (SSSR count). The number of hydrogen-bond acceptors (Lipinski definition) is 4. The van der Waals surface area contributed by atoms with Crippen molar-refractivity contribution in [3.05, 3.63) is 24.3 Å². The summed E-state index contributed by atoms with van der Waals surface area (Å²) < 4.78 is 0. The van der Waals surface area contributed by atoms with Crippen molar-refractivity contribution in [1.82, 2.24) is 15.3 Å². The normalized spacial score (nSPS) is 14.5. The van der Waals surface area contributed by atoms with Crippen molar-refractivity contribution in [3.63, 3.8) is 0 Å². The zero-order valence-corrected chi connectivity index (χ0v) is 8.27. The molecule has 1 aromatic heterocycles. The molecule has 0 fully saturated rings. The van der Waals surface area contributed by atoms with Crippen molar-refractivity contribution in [1.29, 1.82) is 0 Å². The largest absolute Gasteiger partial charge is 0.347 e. The number of amides is 1. The zero-order chi connectivity index (χ0) is 10.6. The van der Waals surface area contributed by atoms with Gasteiger partial charge in [-0.25, -0.2) is 0 Å². The molecule has 3 N–H and O–H groups in total. The van der Waals surface area contributed by atoms with E-state index in [-0.39, 0.29) is 11.9 Å². The number of nitrogens with zero attached hydrogens (tertiary/aromatic N) is 2. The maximum absolute atomic E-state index is 11.2. The Morgan fingerprint density at radius 3 is 2.71 bits per heavy atom. The van der Waals surface area contributed by atoms with E-state index in [1.165, 1.54) is 0 Å².